The molecule has 1 aromatic heterocycles. The first-order valence-electron chi connectivity index (χ1n) is 7.52. The lowest BCUT2D eigenvalue weighted by atomic mass is 10.1. The molecule has 0 N–H and O–H groups in total. The van der Waals surface area contributed by atoms with Crippen LogP contribution < -0.4 is 4.74 Å². The summed E-state index contributed by atoms with van der Waals surface area (Å²) < 4.78 is 29.1. The van der Waals surface area contributed by atoms with Gasteiger partial charge in [0, 0.05) is 16.2 Å². The zero-order chi connectivity index (χ0) is 18.2. The van der Waals surface area contributed by atoms with E-state index in [0.29, 0.717) is 16.5 Å². The third-order valence-corrected chi connectivity index (χ3v) is 7.09. The number of ether oxygens (including phenoxy) is 1. The van der Waals surface area contributed by atoms with Crippen molar-refractivity contribution in [3.05, 3.63) is 59.3 Å². The maximum Gasteiger partial charge on any atom is 0.272 e. The fourth-order valence-electron chi connectivity index (χ4n) is 2.48. The largest absolute Gasteiger partial charge is 0.457 e. The standard InChI is InChI=1S/C18H16ClNO3S2/c1-11-5-4-6-12(2)16(11)23-15-9-7-14(8-10-15)17-20-13(3)18(24-17)25(19,21)22/h4-10H,1-3H3. The van der Waals surface area contributed by atoms with Gasteiger partial charge in [0.25, 0.3) is 9.05 Å². The number of nitrogens with zero attached hydrogens (tertiary/aromatic N) is 1. The van der Waals surface area contributed by atoms with E-state index >= 15 is 0 Å². The second-order valence-electron chi connectivity index (χ2n) is 5.68. The average Bonchev–Trinajstić information content (AvgIpc) is 2.94. The molecule has 3 aromatic rings. The molecular formula is C18H16ClNO3S2. The molecule has 0 aliphatic rings. The molecule has 2 aromatic carbocycles. The zero-order valence-corrected chi connectivity index (χ0v) is 16.3. The summed E-state index contributed by atoms with van der Waals surface area (Å²) in [6, 6.07) is 13.4. The number of thiazole rings is 1. The van der Waals surface area contributed by atoms with Gasteiger partial charge in [0.05, 0.1) is 5.69 Å². The maximum absolute atomic E-state index is 11.5. The normalized spacial score (nSPS) is 11.5. The number of halogens is 1. The summed E-state index contributed by atoms with van der Waals surface area (Å²) in [7, 11) is 1.66. The van der Waals surface area contributed by atoms with Gasteiger partial charge >= 0.3 is 0 Å². The van der Waals surface area contributed by atoms with Crippen LogP contribution in [-0.2, 0) is 9.05 Å². The van der Waals surface area contributed by atoms with E-state index < -0.39 is 9.05 Å². The molecule has 3 rings (SSSR count). The molecule has 0 aliphatic heterocycles. The van der Waals surface area contributed by atoms with Crippen molar-refractivity contribution in [1.29, 1.82) is 0 Å². The summed E-state index contributed by atoms with van der Waals surface area (Å²) in [4.78, 5) is 4.30. The zero-order valence-electron chi connectivity index (χ0n) is 13.9. The first-order valence-corrected chi connectivity index (χ1v) is 10.6. The molecule has 25 heavy (non-hydrogen) atoms. The van der Waals surface area contributed by atoms with Crippen molar-refractivity contribution in [2.75, 3.05) is 0 Å². The van der Waals surface area contributed by atoms with Gasteiger partial charge in [-0.15, -0.1) is 11.3 Å². The molecule has 0 aliphatic carbocycles. The molecule has 0 atom stereocenters. The van der Waals surface area contributed by atoms with E-state index in [1.165, 1.54) is 0 Å². The molecule has 0 unspecified atom stereocenters. The van der Waals surface area contributed by atoms with Gasteiger partial charge in [0.2, 0.25) is 0 Å². The highest BCUT2D eigenvalue weighted by molar-refractivity contribution is 8.15. The Morgan fingerprint density at radius 1 is 1.00 bits per heavy atom. The molecule has 0 fully saturated rings. The molecular weight excluding hydrogens is 378 g/mol. The monoisotopic (exact) mass is 393 g/mol. The number of aromatic nitrogens is 1. The van der Waals surface area contributed by atoms with Crippen LogP contribution in [0.1, 0.15) is 16.8 Å². The molecule has 0 saturated carbocycles. The second-order valence-corrected chi connectivity index (χ2v) is 9.44. The van der Waals surface area contributed by atoms with Crippen molar-refractivity contribution in [3.8, 4) is 22.1 Å². The SMILES string of the molecule is Cc1cccc(C)c1Oc1ccc(-c2nc(C)c(S(=O)(=O)Cl)s2)cc1. The van der Waals surface area contributed by atoms with Crippen molar-refractivity contribution in [3.63, 3.8) is 0 Å². The van der Waals surface area contributed by atoms with Crippen LogP contribution in [0.3, 0.4) is 0 Å². The lowest BCUT2D eigenvalue weighted by Gasteiger charge is -2.11. The van der Waals surface area contributed by atoms with Crippen LogP contribution in [0.5, 0.6) is 11.5 Å². The fraction of sp³-hybridized carbons (Fsp3) is 0.167. The Hall–Kier alpha value is -1.89. The molecule has 1 heterocycles. The summed E-state index contributed by atoms with van der Waals surface area (Å²) in [6.07, 6.45) is 0. The number of hydrogen-bond donors (Lipinski definition) is 0. The lowest BCUT2D eigenvalue weighted by molar-refractivity contribution is 0.475. The summed E-state index contributed by atoms with van der Waals surface area (Å²) in [5.74, 6) is 1.55. The molecule has 4 nitrogen and oxygen atoms in total. The summed E-state index contributed by atoms with van der Waals surface area (Å²) in [5, 5.41) is 0.607. The van der Waals surface area contributed by atoms with Crippen molar-refractivity contribution in [1.82, 2.24) is 4.98 Å². The average molecular weight is 394 g/mol. The van der Waals surface area contributed by atoms with Gasteiger partial charge in [-0.1, -0.05) is 18.2 Å². The number of rotatable bonds is 4. The van der Waals surface area contributed by atoms with Gasteiger partial charge in [-0.05, 0) is 56.2 Å². The van der Waals surface area contributed by atoms with Crippen molar-refractivity contribution in [2.45, 2.75) is 25.0 Å². The Morgan fingerprint density at radius 2 is 1.60 bits per heavy atom. The molecule has 0 spiro atoms. The van der Waals surface area contributed by atoms with E-state index in [9.17, 15) is 8.42 Å². The van der Waals surface area contributed by atoms with E-state index in [2.05, 4.69) is 4.98 Å². The minimum atomic E-state index is -3.78. The third-order valence-electron chi connectivity index (χ3n) is 3.71. The van der Waals surface area contributed by atoms with Crippen LogP contribution in [-0.4, -0.2) is 13.4 Å². The first-order chi connectivity index (χ1) is 11.8. The maximum atomic E-state index is 11.5. The number of para-hydroxylation sites is 1. The van der Waals surface area contributed by atoms with Crippen LogP contribution in [0, 0.1) is 20.8 Å². The number of aryl methyl sites for hydroxylation is 3. The van der Waals surface area contributed by atoms with Crippen molar-refractivity contribution < 1.29 is 13.2 Å². The highest BCUT2D eigenvalue weighted by Crippen LogP contribution is 2.34. The van der Waals surface area contributed by atoms with Gasteiger partial charge in [0.15, 0.2) is 4.21 Å². The third kappa shape index (κ3) is 3.86. The summed E-state index contributed by atoms with van der Waals surface area (Å²) in [6.45, 7) is 5.64. The van der Waals surface area contributed by atoms with Gasteiger partial charge < -0.3 is 4.74 Å². The van der Waals surface area contributed by atoms with E-state index in [1.807, 2.05) is 56.3 Å². The number of hydrogen-bond acceptors (Lipinski definition) is 5. The summed E-state index contributed by atoms with van der Waals surface area (Å²) >= 11 is 1.06. The van der Waals surface area contributed by atoms with Gasteiger partial charge in [-0.2, -0.15) is 0 Å². The molecule has 0 bridgehead atoms. The Labute approximate surface area is 155 Å². The topological polar surface area (TPSA) is 56.3 Å². The van der Waals surface area contributed by atoms with Crippen LogP contribution >= 0.6 is 22.0 Å². The minimum absolute atomic E-state index is 0.0834. The minimum Gasteiger partial charge on any atom is -0.457 e. The van der Waals surface area contributed by atoms with Crippen LogP contribution in [0.4, 0.5) is 0 Å². The predicted molar refractivity (Wildman–Crippen MR) is 101 cm³/mol. The van der Waals surface area contributed by atoms with E-state index in [0.717, 1.165) is 33.8 Å². The Balaban J connectivity index is 1.88. The predicted octanol–water partition coefficient (Wildman–Crippen LogP) is 5.46. The van der Waals surface area contributed by atoms with Gasteiger partial charge in [0.1, 0.15) is 16.5 Å². The lowest BCUT2D eigenvalue weighted by Crippen LogP contribution is -1.90. The Kier molecular flexibility index (Phi) is 4.86. The Bertz CT molecular complexity index is 1000. The smallest absolute Gasteiger partial charge is 0.272 e. The molecule has 7 heteroatoms. The second kappa shape index (κ2) is 6.78. The fourth-order valence-corrected chi connectivity index (χ4v) is 4.93. The van der Waals surface area contributed by atoms with Gasteiger partial charge in [-0.3, -0.25) is 0 Å². The van der Waals surface area contributed by atoms with Crippen LogP contribution in [0.25, 0.3) is 10.6 Å². The molecule has 130 valence electrons. The van der Waals surface area contributed by atoms with Gasteiger partial charge in [-0.25, -0.2) is 13.4 Å². The van der Waals surface area contributed by atoms with Crippen LogP contribution in [0.15, 0.2) is 46.7 Å². The Morgan fingerprint density at radius 3 is 2.12 bits per heavy atom. The summed E-state index contributed by atoms with van der Waals surface area (Å²) in [5.41, 5.74) is 3.35. The number of benzene rings is 2. The van der Waals surface area contributed by atoms with Crippen molar-refractivity contribution in [2.24, 2.45) is 0 Å². The van der Waals surface area contributed by atoms with Crippen molar-refractivity contribution >= 4 is 31.1 Å². The van der Waals surface area contributed by atoms with E-state index in [1.54, 1.807) is 6.92 Å². The highest BCUT2D eigenvalue weighted by Gasteiger charge is 2.19. The van der Waals surface area contributed by atoms with E-state index in [-0.39, 0.29) is 4.21 Å². The molecule has 0 amide bonds. The molecule has 0 saturated heterocycles. The van der Waals surface area contributed by atoms with E-state index in [4.69, 9.17) is 15.4 Å². The quantitative estimate of drug-likeness (QED) is 0.552. The van der Waals surface area contributed by atoms with Crippen LogP contribution in [0.2, 0.25) is 0 Å². The molecule has 0 radical (unpaired) electrons. The highest BCUT2D eigenvalue weighted by atomic mass is 35.7. The first kappa shape index (κ1) is 17.9.